The van der Waals surface area contributed by atoms with Crippen LogP contribution in [-0.4, -0.2) is 25.5 Å². The highest BCUT2D eigenvalue weighted by atomic mass is 15.0. The summed E-state index contributed by atoms with van der Waals surface area (Å²) in [6, 6.07) is 8.55. The number of likely N-dealkylation sites (N-methyl/N-ethyl adjacent to an activating group) is 1. The van der Waals surface area contributed by atoms with Crippen LogP contribution in [0.4, 0.5) is 0 Å². The van der Waals surface area contributed by atoms with E-state index in [1.165, 1.54) is 11.1 Å². The zero-order valence-corrected chi connectivity index (χ0v) is 8.62. The second-order valence-electron chi connectivity index (χ2n) is 3.58. The van der Waals surface area contributed by atoms with Gasteiger partial charge in [0, 0.05) is 6.54 Å². The minimum Gasteiger partial charge on any atom is -0.306 e. The first-order valence-corrected chi connectivity index (χ1v) is 4.56. The smallest absolute Gasteiger partial charge is 0.0160 e. The summed E-state index contributed by atoms with van der Waals surface area (Å²) in [6.07, 6.45) is 4.32. The summed E-state index contributed by atoms with van der Waals surface area (Å²) in [7, 11) is 4.14. The SMILES string of the molecule is Cc1ccc(/C=C\CN(C)C)cc1. The minimum atomic E-state index is 0.994. The van der Waals surface area contributed by atoms with Gasteiger partial charge in [0.05, 0.1) is 0 Å². The standard InChI is InChI=1S/C12H17N/c1-11-6-8-12(9-7-11)5-4-10-13(2)3/h4-9H,10H2,1-3H3/b5-4-. The summed E-state index contributed by atoms with van der Waals surface area (Å²) < 4.78 is 0. The molecule has 13 heavy (non-hydrogen) atoms. The lowest BCUT2D eigenvalue weighted by Gasteiger charge is -2.03. The molecule has 0 N–H and O–H groups in total. The van der Waals surface area contributed by atoms with Crippen molar-refractivity contribution in [3.63, 3.8) is 0 Å². The zero-order chi connectivity index (χ0) is 9.68. The Morgan fingerprint density at radius 1 is 1.15 bits per heavy atom. The highest BCUT2D eigenvalue weighted by Gasteiger charge is 1.86. The Labute approximate surface area is 80.7 Å². The van der Waals surface area contributed by atoms with E-state index in [2.05, 4.69) is 62.3 Å². The summed E-state index contributed by atoms with van der Waals surface area (Å²) in [5, 5.41) is 0. The van der Waals surface area contributed by atoms with Crippen molar-refractivity contribution in [2.75, 3.05) is 20.6 Å². The normalized spacial score (nSPS) is 11.4. The molecule has 0 aliphatic carbocycles. The number of rotatable bonds is 3. The first-order valence-electron chi connectivity index (χ1n) is 4.56. The van der Waals surface area contributed by atoms with E-state index >= 15 is 0 Å². The molecular weight excluding hydrogens is 158 g/mol. The molecule has 0 bridgehead atoms. The third kappa shape index (κ3) is 3.90. The second kappa shape index (κ2) is 4.83. The molecule has 1 heteroatoms. The molecule has 0 aliphatic rings. The number of hydrogen-bond donors (Lipinski definition) is 0. The Morgan fingerprint density at radius 3 is 2.31 bits per heavy atom. The molecule has 0 aliphatic heterocycles. The van der Waals surface area contributed by atoms with E-state index in [1.54, 1.807) is 0 Å². The van der Waals surface area contributed by atoms with Gasteiger partial charge in [-0.3, -0.25) is 0 Å². The lowest BCUT2D eigenvalue weighted by atomic mass is 10.1. The van der Waals surface area contributed by atoms with Crippen molar-refractivity contribution in [1.82, 2.24) is 4.90 Å². The highest BCUT2D eigenvalue weighted by molar-refractivity contribution is 5.49. The molecular formula is C12H17N. The van der Waals surface area contributed by atoms with Crippen molar-refractivity contribution in [1.29, 1.82) is 0 Å². The van der Waals surface area contributed by atoms with E-state index in [0.717, 1.165) is 6.54 Å². The molecule has 1 aromatic carbocycles. The van der Waals surface area contributed by atoms with Crippen LogP contribution in [0.25, 0.3) is 6.08 Å². The Balaban J connectivity index is 2.54. The van der Waals surface area contributed by atoms with Gasteiger partial charge < -0.3 is 4.90 Å². The first-order chi connectivity index (χ1) is 6.18. The van der Waals surface area contributed by atoms with E-state index in [-0.39, 0.29) is 0 Å². The van der Waals surface area contributed by atoms with Crippen molar-refractivity contribution in [2.45, 2.75) is 6.92 Å². The topological polar surface area (TPSA) is 3.24 Å². The molecule has 0 spiro atoms. The molecule has 0 saturated heterocycles. The van der Waals surface area contributed by atoms with Crippen molar-refractivity contribution in [3.8, 4) is 0 Å². The van der Waals surface area contributed by atoms with Crippen LogP contribution in [0.15, 0.2) is 30.3 Å². The lowest BCUT2D eigenvalue weighted by molar-refractivity contribution is 0.457. The van der Waals surface area contributed by atoms with Gasteiger partial charge in [0.1, 0.15) is 0 Å². The van der Waals surface area contributed by atoms with Crippen LogP contribution in [0.2, 0.25) is 0 Å². The van der Waals surface area contributed by atoms with Gasteiger partial charge >= 0.3 is 0 Å². The third-order valence-corrected chi connectivity index (χ3v) is 1.86. The molecule has 1 nitrogen and oxygen atoms in total. The summed E-state index contributed by atoms with van der Waals surface area (Å²) in [5.41, 5.74) is 2.58. The van der Waals surface area contributed by atoms with Crippen LogP contribution in [0.5, 0.6) is 0 Å². The molecule has 0 amide bonds. The van der Waals surface area contributed by atoms with E-state index in [1.807, 2.05) is 0 Å². The predicted octanol–water partition coefficient (Wildman–Crippen LogP) is 2.57. The summed E-state index contributed by atoms with van der Waals surface area (Å²) in [6.45, 7) is 3.10. The quantitative estimate of drug-likeness (QED) is 0.682. The largest absolute Gasteiger partial charge is 0.306 e. The van der Waals surface area contributed by atoms with Gasteiger partial charge in [-0.2, -0.15) is 0 Å². The maximum absolute atomic E-state index is 2.17. The van der Waals surface area contributed by atoms with Crippen LogP contribution in [0.3, 0.4) is 0 Å². The predicted molar refractivity (Wildman–Crippen MR) is 58.8 cm³/mol. The molecule has 0 fully saturated rings. The van der Waals surface area contributed by atoms with Gasteiger partial charge in [0.2, 0.25) is 0 Å². The fourth-order valence-corrected chi connectivity index (χ4v) is 1.08. The number of nitrogens with zero attached hydrogens (tertiary/aromatic N) is 1. The average Bonchev–Trinajstić information content (AvgIpc) is 2.08. The molecule has 0 aromatic heterocycles. The van der Waals surface area contributed by atoms with Crippen LogP contribution in [0.1, 0.15) is 11.1 Å². The van der Waals surface area contributed by atoms with Gasteiger partial charge in [-0.15, -0.1) is 0 Å². The fraction of sp³-hybridized carbons (Fsp3) is 0.333. The van der Waals surface area contributed by atoms with Gasteiger partial charge in [-0.05, 0) is 26.6 Å². The molecule has 70 valence electrons. The molecule has 0 heterocycles. The monoisotopic (exact) mass is 175 g/mol. The Hall–Kier alpha value is -1.08. The van der Waals surface area contributed by atoms with Crippen LogP contribution >= 0.6 is 0 Å². The number of hydrogen-bond acceptors (Lipinski definition) is 1. The lowest BCUT2D eigenvalue weighted by Crippen LogP contribution is -2.10. The van der Waals surface area contributed by atoms with Gasteiger partial charge in [0.25, 0.3) is 0 Å². The van der Waals surface area contributed by atoms with E-state index < -0.39 is 0 Å². The number of benzene rings is 1. The van der Waals surface area contributed by atoms with Crippen LogP contribution in [-0.2, 0) is 0 Å². The van der Waals surface area contributed by atoms with Crippen molar-refractivity contribution in [2.24, 2.45) is 0 Å². The Kier molecular flexibility index (Phi) is 3.71. The summed E-state index contributed by atoms with van der Waals surface area (Å²) >= 11 is 0. The zero-order valence-electron chi connectivity index (χ0n) is 8.62. The van der Waals surface area contributed by atoms with Crippen LogP contribution < -0.4 is 0 Å². The molecule has 1 aromatic rings. The maximum Gasteiger partial charge on any atom is 0.0160 e. The molecule has 0 saturated carbocycles. The van der Waals surface area contributed by atoms with Gasteiger partial charge in [0.15, 0.2) is 0 Å². The average molecular weight is 175 g/mol. The molecule has 0 unspecified atom stereocenters. The van der Waals surface area contributed by atoms with Gasteiger partial charge in [-0.1, -0.05) is 42.0 Å². The summed E-state index contributed by atoms with van der Waals surface area (Å²) in [4.78, 5) is 2.14. The van der Waals surface area contributed by atoms with E-state index in [9.17, 15) is 0 Å². The molecule has 0 radical (unpaired) electrons. The Morgan fingerprint density at radius 2 is 1.77 bits per heavy atom. The van der Waals surface area contributed by atoms with E-state index in [4.69, 9.17) is 0 Å². The minimum absolute atomic E-state index is 0.994. The molecule has 0 atom stereocenters. The highest BCUT2D eigenvalue weighted by Crippen LogP contribution is 2.04. The van der Waals surface area contributed by atoms with Crippen molar-refractivity contribution in [3.05, 3.63) is 41.5 Å². The third-order valence-electron chi connectivity index (χ3n) is 1.86. The van der Waals surface area contributed by atoms with Crippen molar-refractivity contribution >= 4 is 6.08 Å². The van der Waals surface area contributed by atoms with Gasteiger partial charge in [-0.25, -0.2) is 0 Å². The fourth-order valence-electron chi connectivity index (χ4n) is 1.08. The summed E-state index contributed by atoms with van der Waals surface area (Å²) in [5.74, 6) is 0. The Bertz CT molecular complexity index is 270. The van der Waals surface area contributed by atoms with E-state index in [0.29, 0.717) is 0 Å². The molecule has 1 rings (SSSR count). The second-order valence-corrected chi connectivity index (χ2v) is 3.58. The first kappa shape index (κ1) is 10.0. The number of aryl methyl sites for hydroxylation is 1. The van der Waals surface area contributed by atoms with Crippen molar-refractivity contribution < 1.29 is 0 Å². The van der Waals surface area contributed by atoms with Crippen LogP contribution in [0, 0.1) is 6.92 Å². The maximum atomic E-state index is 2.17.